The monoisotopic (exact) mass is 460 g/mol. The van der Waals surface area contributed by atoms with Crippen molar-refractivity contribution in [1.82, 2.24) is 20.4 Å². The van der Waals surface area contributed by atoms with Crippen molar-refractivity contribution in [3.8, 4) is 22.7 Å². The first-order chi connectivity index (χ1) is 16.4. The van der Waals surface area contributed by atoms with Crippen LogP contribution in [0.3, 0.4) is 0 Å². The number of para-hydroxylation sites is 1. The van der Waals surface area contributed by atoms with Gasteiger partial charge in [0.1, 0.15) is 5.75 Å². The van der Waals surface area contributed by atoms with Crippen molar-refractivity contribution < 1.29 is 19.1 Å². The molecule has 4 rings (SSSR count). The fourth-order valence-corrected chi connectivity index (χ4v) is 4.06. The number of esters is 1. The van der Waals surface area contributed by atoms with Crippen LogP contribution in [0.5, 0.6) is 5.75 Å². The van der Waals surface area contributed by atoms with Crippen molar-refractivity contribution in [1.29, 1.82) is 0 Å². The first-order valence-electron chi connectivity index (χ1n) is 11.3. The molecule has 1 aromatic heterocycles. The predicted octanol–water partition coefficient (Wildman–Crippen LogP) is 4.44. The molecule has 2 heterocycles. The Morgan fingerprint density at radius 3 is 2.53 bits per heavy atom. The number of nitrogens with zero attached hydrogens (tertiary/aromatic N) is 2. The highest BCUT2D eigenvalue weighted by molar-refractivity contribution is 5.95. The minimum absolute atomic E-state index is 0.227. The summed E-state index contributed by atoms with van der Waals surface area (Å²) in [6.07, 6.45) is 1.85. The summed E-state index contributed by atoms with van der Waals surface area (Å²) >= 11 is 0. The summed E-state index contributed by atoms with van der Waals surface area (Å²) in [5, 5.41) is 10.4. The lowest BCUT2D eigenvalue weighted by Crippen LogP contribution is -2.45. The van der Waals surface area contributed by atoms with Crippen LogP contribution in [0, 0.1) is 6.92 Å². The fraction of sp³-hybridized carbons (Fsp3) is 0.269. The van der Waals surface area contributed by atoms with Gasteiger partial charge in [-0.1, -0.05) is 18.2 Å². The van der Waals surface area contributed by atoms with E-state index in [0.29, 0.717) is 29.1 Å². The maximum absolute atomic E-state index is 12.9. The van der Waals surface area contributed by atoms with Gasteiger partial charge in [0.25, 0.3) is 0 Å². The lowest BCUT2D eigenvalue weighted by molar-refractivity contribution is -0.139. The third-order valence-electron chi connectivity index (χ3n) is 5.59. The molecule has 8 nitrogen and oxygen atoms in total. The van der Waals surface area contributed by atoms with Gasteiger partial charge in [0.05, 0.1) is 36.2 Å². The number of rotatable bonds is 7. The first kappa shape index (κ1) is 23.1. The minimum Gasteiger partial charge on any atom is -0.494 e. The van der Waals surface area contributed by atoms with Crippen LogP contribution in [0.25, 0.3) is 16.9 Å². The lowest BCUT2D eigenvalue weighted by atomic mass is 9.93. The zero-order chi connectivity index (χ0) is 24.2. The summed E-state index contributed by atoms with van der Waals surface area (Å²) in [6, 6.07) is 14.4. The molecule has 0 fully saturated rings. The molecular formula is C26H28N4O4. The Balaban J connectivity index is 1.89. The Kier molecular flexibility index (Phi) is 6.67. The molecule has 3 aromatic rings. The predicted molar refractivity (Wildman–Crippen MR) is 129 cm³/mol. The van der Waals surface area contributed by atoms with Crippen LogP contribution >= 0.6 is 0 Å². The van der Waals surface area contributed by atoms with E-state index in [1.54, 1.807) is 18.5 Å². The second kappa shape index (κ2) is 9.82. The summed E-state index contributed by atoms with van der Waals surface area (Å²) in [7, 11) is 0. The number of carbonyl (C=O) groups is 2. The summed E-state index contributed by atoms with van der Waals surface area (Å²) in [5.41, 5.74) is 4.80. The minimum atomic E-state index is -0.730. The summed E-state index contributed by atoms with van der Waals surface area (Å²) in [4.78, 5) is 25.3. The van der Waals surface area contributed by atoms with Crippen molar-refractivity contribution in [2.45, 2.75) is 33.7 Å². The Morgan fingerprint density at radius 1 is 1.09 bits per heavy atom. The Morgan fingerprint density at radius 2 is 1.85 bits per heavy atom. The van der Waals surface area contributed by atoms with Gasteiger partial charge in [-0.3, -0.25) is 0 Å². The number of urea groups is 1. The molecule has 2 N–H and O–H groups in total. The first-order valence-corrected chi connectivity index (χ1v) is 11.3. The highest BCUT2D eigenvalue weighted by Crippen LogP contribution is 2.36. The molecule has 0 spiro atoms. The van der Waals surface area contributed by atoms with Crippen LogP contribution in [0.1, 0.15) is 37.9 Å². The van der Waals surface area contributed by atoms with Crippen LogP contribution in [0.15, 0.2) is 66.0 Å². The number of aromatic nitrogens is 2. The van der Waals surface area contributed by atoms with Gasteiger partial charge in [-0.2, -0.15) is 5.10 Å². The molecule has 8 heteroatoms. The van der Waals surface area contributed by atoms with Crippen molar-refractivity contribution in [2.24, 2.45) is 0 Å². The number of benzene rings is 2. The van der Waals surface area contributed by atoms with E-state index in [1.165, 1.54) is 0 Å². The van der Waals surface area contributed by atoms with E-state index in [2.05, 4.69) is 10.6 Å². The zero-order valence-corrected chi connectivity index (χ0v) is 19.7. The third kappa shape index (κ3) is 4.52. The van der Waals surface area contributed by atoms with Crippen LogP contribution in [0.2, 0.25) is 0 Å². The molecule has 2 aromatic carbocycles. The second-order valence-corrected chi connectivity index (χ2v) is 7.92. The fourth-order valence-electron chi connectivity index (χ4n) is 4.06. The molecule has 1 aliphatic rings. The molecule has 0 radical (unpaired) electrons. The van der Waals surface area contributed by atoms with Gasteiger partial charge in [-0.15, -0.1) is 0 Å². The van der Waals surface area contributed by atoms with Crippen molar-refractivity contribution >= 4 is 12.0 Å². The Labute approximate surface area is 198 Å². The van der Waals surface area contributed by atoms with E-state index in [0.717, 1.165) is 22.6 Å². The third-order valence-corrected chi connectivity index (χ3v) is 5.59. The molecule has 1 atom stereocenters. The van der Waals surface area contributed by atoms with Crippen LogP contribution in [-0.4, -0.2) is 35.0 Å². The van der Waals surface area contributed by atoms with Gasteiger partial charge in [0, 0.05) is 23.0 Å². The SMILES string of the molecule is CCOC(=O)C1=C(C)NC(=O)N[C@H]1c1cn(-c2ccccc2)nc1-c1ccc(OCC)c(C)c1. The Bertz CT molecular complexity index is 1250. The second-order valence-electron chi connectivity index (χ2n) is 7.92. The number of allylic oxidation sites excluding steroid dienone is 1. The maximum atomic E-state index is 12.9. The van der Waals surface area contributed by atoms with E-state index >= 15 is 0 Å². The van der Waals surface area contributed by atoms with Crippen LogP contribution < -0.4 is 15.4 Å². The van der Waals surface area contributed by atoms with Gasteiger partial charge in [-0.25, -0.2) is 14.3 Å². The van der Waals surface area contributed by atoms with Crippen LogP contribution in [0.4, 0.5) is 4.79 Å². The average Bonchev–Trinajstić information content (AvgIpc) is 3.26. The largest absolute Gasteiger partial charge is 0.494 e. The summed E-state index contributed by atoms with van der Waals surface area (Å²) < 4.78 is 12.8. The highest BCUT2D eigenvalue weighted by Gasteiger charge is 2.35. The number of aryl methyl sites for hydroxylation is 1. The van der Waals surface area contributed by atoms with Gasteiger partial charge >= 0.3 is 12.0 Å². The highest BCUT2D eigenvalue weighted by atomic mass is 16.5. The normalized spacial score (nSPS) is 15.5. The molecule has 0 unspecified atom stereocenters. The number of carbonyl (C=O) groups excluding carboxylic acids is 2. The molecule has 2 amide bonds. The summed E-state index contributed by atoms with van der Waals surface area (Å²) in [6.45, 7) is 8.16. The molecular weight excluding hydrogens is 432 g/mol. The zero-order valence-electron chi connectivity index (χ0n) is 19.7. The molecule has 0 aliphatic carbocycles. The van der Waals surface area contributed by atoms with Gasteiger partial charge < -0.3 is 20.1 Å². The van der Waals surface area contributed by atoms with Crippen LogP contribution in [-0.2, 0) is 9.53 Å². The smallest absolute Gasteiger partial charge is 0.338 e. The van der Waals surface area contributed by atoms with Crippen molar-refractivity contribution in [3.63, 3.8) is 0 Å². The number of hydrogen-bond acceptors (Lipinski definition) is 5. The number of ether oxygens (including phenoxy) is 2. The maximum Gasteiger partial charge on any atom is 0.338 e. The van der Waals surface area contributed by atoms with E-state index in [9.17, 15) is 9.59 Å². The van der Waals surface area contributed by atoms with Crippen molar-refractivity contribution in [2.75, 3.05) is 13.2 Å². The number of nitrogens with one attached hydrogen (secondary N) is 2. The van der Waals surface area contributed by atoms with Gasteiger partial charge in [0.15, 0.2) is 0 Å². The standard InChI is InChI=1S/C26H28N4O4/c1-5-33-21-13-12-18(14-16(21)3)23-20(15-30(29-23)19-10-8-7-9-11-19)24-22(25(31)34-6-2)17(4)27-26(32)28-24/h7-15,24H,5-6H2,1-4H3,(H2,27,28,32)/t24-/m0/s1. The van der Waals surface area contributed by atoms with E-state index in [4.69, 9.17) is 14.6 Å². The molecule has 176 valence electrons. The molecule has 34 heavy (non-hydrogen) atoms. The topological polar surface area (TPSA) is 94.5 Å². The van der Waals surface area contributed by atoms with Crippen molar-refractivity contribution in [3.05, 3.63) is 77.1 Å². The molecule has 0 saturated heterocycles. The Hall–Kier alpha value is -4.07. The van der Waals surface area contributed by atoms with E-state index < -0.39 is 18.0 Å². The number of hydrogen-bond donors (Lipinski definition) is 2. The van der Waals surface area contributed by atoms with E-state index in [1.807, 2.05) is 68.6 Å². The van der Waals surface area contributed by atoms with E-state index in [-0.39, 0.29) is 6.61 Å². The average molecular weight is 461 g/mol. The van der Waals surface area contributed by atoms with Gasteiger partial charge in [0.2, 0.25) is 0 Å². The number of amides is 2. The molecule has 0 bridgehead atoms. The lowest BCUT2D eigenvalue weighted by Gasteiger charge is -2.27. The van der Waals surface area contributed by atoms with Gasteiger partial charge in [-0.05, 0) is 63.6 Å². The molecule has 1 aliphatic heterocycles. The quantitative estimate of drug-likeness (QED) is 0.509. The molecule has 0 saturated carbocycles. The summed E-state index contributed by atoms with van der Waals surface area (Å²) in [5.74, 6) is 0.312.